The molecule has 1 N–H and O–H groups in total. The molecule has 0 bridgehead atoms. The number of carbonyl (C=O) groups is 2. The van der Waals surface area contributed by atoms with Gasteiger partial charge in [0.25, 0.3) is 5.91 Å². The average Bonchev–Trinajstić information content (AvgIpc) is 3.38. The largest absolute Gasteiger partial charge is 0.481 e. The molecule has 0 saturated heterocycles. The normalized spacial score (nSPS) is 14.1. The van der Waals surface area contributed by atoms with Gasteiger partial charge < -0.3 is 10.0 Å². The number of carbonyl (C=O) groups excluding carboxylic acids is 1. The Morgan fingerprint density at radius 2 is 2.00 bits per heavy atom. The van der Waals surface area contributed by atoms with Crippen LogP contribution in [-0.4, -0.2) is 39.5 Å². The Kier molecular flexibility index (Phi) is 4.51. The van der Waals surface area contributed by atoms with Crippen LogP contribution in [0.4, 0.5) is 0 Å². The number of aliphatic carboxylic acids is 1. The topological polar surface area (TPSA) is 70.5 Å². The molecule has 1 aliphatic rings. The Labute approximate surface area is 141 Å². The van der Waals surface area contributed by atoms with E-state index in [0.29, 0.717) is 11.5 Å². The lowest BCUT2D eigenvalue weighted by atomic mass is 10.0. The number of aromatic nitrogens is 1. The van der Waals surface area contributed by atoms with Gasteiger partial charge in [-0.05, 0) is 38.8 Å². The highest BCUT2D eigenvalue weighted by molar-refractivity contribution is 6.06. The zero-order valence-corrected chi connectivity index (χ0v) is 14.0. The zero-order chi connectivity index (χ0) is 17.3. The lowest BCUT2D eigenvalue weighted by Gasteiger charge is -2.27. The van der Waals surface area contributed by atoms with E-state index in [0.717, 1.165) is 29.4 Å². The summed E-state index contributed by atoms with van der Waals surface area (Å²) in [6.45, 7) is 4.02. The number of benzene rings is 1. The van der Waals surface area contributed by atoms with Gasteiger partial charge in [-0.1, -0.05) is 18.2 Å². The van der Waals surface area contributed by atoms with Gasteiger partial charge in [0.2, 0.25) is 0 Å². The number of hydrogen-bond donors (Lipinski definition) is 1. The third kappa shape index (κ3) is 3.40. The molecule has 1 saturated carbocycles. The second-order valence-electron chi connectivity index (χ2n) is 6.62. The molecule has 2 aromatic rings. The molecule has 126 valence electrons. The molecule has 1 amide bonds. The van der Waals surface area contributed by atoms with E-state index in [1.165, 1.54) is 0 Å². The molecule has 0 radical (unpaired) electrons. The second kappa shape index (κ2) is 6.59. The number of rotatable bonds is 6. The minimum Gasteiger partial charge on any atom is -0.481 e. The summed E-state index contributed by atoms with van der Waals surface area (Å²) >= 11 is 0. The van der Waals surface area contributed by atoms with Crippen molar-refractivity contribution in [3.05, 3.63) is 41.6 Å². The summed E-state index contributed by atoms with van der Waals surface area (Å²) in [4.78, 5) is 30.3. The second-order valence-corrected chi connectivity index (χ2v) is 6.62. The molecule has 0 unspecified atom stereocenters. The lowest BCUT2D eigenvalue weighted by molar-refractivity contribution is -0.137. The highest BCUT2D eigenvalue weighted by Gasteiger charge is 2.28. The van der Waals surface area contributed by atoms with Crippen molar-refractivity contribution in [3.63, 3.8) is 0 Å². The van der Waals surface area contributed by atoms with Crippen LogP contribution in [0.1, 0.15) is 55.1 Å². The molecular weight excluding hydrogens is 304 g/mol. The number of amides is 1. The summed E-state index contributed by atoms with van der Waals surface area (Å²) < 4.78 is 0. The standard InChI is InChI=1S/C19H22N2O3/c1-12(2)21(10-9-18(22)23)19(24)15-11-17(13-7-8-13)20-16-6-4-3-5-14(15)16/h3-6,11-13H,7-10H2,1-2H3,(H,22,23). The van der Waals surface area contributed by atoms with Gasteiger partial charge in [0.1, 0.15) is 0 Å². The van der Waals surface area contributed by atoms with Crippen LogP contribution >= 0.6 is 0 Å². The minimum absolute atomic E-state index is 0.0532. The molecule has 3 rings (SSSR count). The Bertz CT molecular complexity index is 781. The van der Waals surface area contributed by atoms with Crippen molar-refractivity contribution < 1.29 is 14.7 Å². The van der Waals surface area contributed by atoms with Crippen molar-refractivity contribution in [1.29, 1.82) is 0 Å². The Morgan fingerprint density at radius 1 is 1.29 bits per heavy atom. The van der Waals surface area contributed by atoms with Gasteiger partial charge in [0.05, 0.1) is 17.5 Å². The van der Waals surface area contributed by atoms with Crippen molar-refractivity contribution in [3.8, 4) is 0 Å². The fourth-order valence-corrected chi connectivity index (χ4v) is 2.93. The zero-order valence-electron chi connectivity index (χ0n) is 14.0. The van der Waals surface area contributed by atoms with Crippen LogP contribution < -0.4 is 0 Å². The first-order valence-electron chi connectivity index (χ1n) is 8.40. The summed E-state index contributed by atoms with van der Waals surface area (Å²) in [5.41, 5.74) is 2.42. The minimum atomic E-state index is -0.897. The summed E-state index contributed by atoms with van der Waals surface area (Å²) in [6.07, 6.45) is 2.18. The number of pyridine rings is 1. The first kappa shape index (κ1) is 16.4. The van der Waals surface area contributed by atoms with Gasteiger partial charge in [-0.3, -0.25) is 14.6 Å². The summed E-state index contributed by atoms with van der Waals surface area (Å²) in [5.74, 6) is -0.564. The first-order chi connectivity index (χ1) is 11.5. The molecule has 0 spiro atoms. The number of carboxylic acid groups (broad SMARTS) is 1. The van der Waals surface area contributed by atoms with E-state index in [4.69, 9.17) is 10.1 Å². The number of fused-ring (bicyclic) bond motifs is 1. The molecule has 1 heterocycles. The maximum atomic E-state index is 13.1. The smallest absolute Gasteiger partial charge is 0.305 e. The van der Waals surface area contributed by atoms with E-state index >= 15 is 0 Å². The third-order valence-electron chi connectivity index (χ3n) is 4.41. The van der Waals surface area contributed by atoms with Crippen molar-refractivity contribution in [2.24, 2.45) is 0 Å². The van der Waals surface area contributed by atoms with E-state index in [9.17, 15) is 9.59 Å². The molecule has 1 aromatic heterocycles. The van der Waals surface area contributed by atoms with Crippen LogP contribution in [0.2, 0.25) is 0 Å². The van der Waals surface area contributed by atoms with Gasteiger partial charge in [-0.15, -0.1) is 0 Å². The van der Waals surface area contributed by atoms with E-state index < -0.39 is 5.97 Å². The molecule has 0 atom stereocenters. The highest BCUT2D eigenvalue weighted by Crippen LogP contribution is 2.40. The van der Waals surface area contributed by atoms with Crippen LogP contribution in [0.25, 0.3) is 10.9 Å². The number of hydrogen-bond acceptors (Lipinski definition) is 3. The molecule has 24 heavy (non-hydrogen) atoms. The van der Waals surface area contributed by atoms with Crippen molar-refractivity contribution in [1.82, 2.24) is 9.88 Å². The summed E-state index contributed by atoms with van der Waals surface area (Å²) in [6, 6.07) is 9.49. The van der Waals surface area contributed by atoms with Crippen LogP contribution in [0.15, 0.2) is 30.3 Å². The fourth-order valence-electron chi connectivity index (χ4n) is 2.93. The van der Waals surface area contributed by atoms with E-state index in [-0.39, 0.29) is 24.9 Å². The molecular formula is C19H22N2O3. The summed E-state index contributed by atoms with van der Waals surface area (Å²) in [7, 11) is 0. The Morgan fingerprint density at radius 3 is 2.62 bits per heavy atom. The van der Waals surface area contributed by atoms with E-state index in [2.05, 4.69) is 0 Å². The monoisotopic (exact) mass is 326 g/mol. The van der Waals surface area contributed by atoms with Gasteiger partial charge in [0, 0.05) is 29.6 Å². The lowest BCUT2D eigenvalue weighted by Crippen LogP contribution is -2.38. The number of para-hydroxylation sites is 1. The predicted molar refractivity (Wildman–Crippen MR) is 92.1 cm³/mol. The highest BCUT2D eigenvalue weighted by atomic mass is 16.4. The van der Waals surface area contributed by atoms with Gasteiger partial charge in [0.15, 0.2) is 0 Å². The van der Waals surface area contributed by atoms with Gasteiger partial charge in [-0.25, -0.2) is 0 Å². The first-order valence-corrected chi connectivity index (χ1v) is 8.40. The van der Waals surface area contributed by atoms with E-state index in [1.807, 2.05) is 44.2 Å². The quantitative estimate of drug-likeness (QED) is 0.883. The van der Waals surface area contributed by atoms with Crippen molar-refractivity contribution in [2.45, 2.75) is 45.1 Å². The Balaban J connectivity index is 2.02. The van der Waals surface area contributed by atoms with Crippen LogP contribution in [0.3, 0.4) is 0 Å². The Hall–Kier alpha value is -2.43. The van der Waals surface area contributed by atoms with Crippen molar-refractivity contribution in [2.75, 3.05) is 6.54 Å². The van der Waals surface area contributed by atoms with Crippen molar-refractivity contribution >= 4 is 22.8 Å². The number of nitrogens with zero attached hydrogens (tertiary/aromatic N) is 2. The molecule has 1 aliphatic carbocycles. The maximum Gasteiger partial charge on any atom is 0.305 e. The number of carboxylic acids is 1. The van der Waals surface area contributed by atoms with Crippen LogP contribution in [0, 0.1) is 0 Å². The SMILES string of the molecule is CC(C)N(CCC(=O)O)C(=O)c1cc(C2CC2)nc2ccccc12. The van der Waals surface area contributed by atoms with Gasteiger partial charge >= 0.3 is 5.97 Å². The molecule has 1 fully saturated rings. The molecule has 1 aromatic carbocycles. The molecule has 5 nitrogen and oxygen atoms in total. The van der Waals surface area contributed by atoms with E-state index in [1.54, 1.807) is 4.90 Å². The summed E-state index contributed by atoms with van der Waals surface area (Å²) in [5, 5.41) is 9.77. The molecule has 0 aliphatic heterocycles. The maximum absolute atomic E-state index is 13.1. The predicted octanol–water partition coefficient (Wildman–Crippen LogP) is 3.44. The third-order valence-corrected chi connectivity index (χ3v) is 4.41. The van der Waals surface area contributed by atoms with Crippen LogP contribution in [-0.2, 0) is 4.79 Å². The fraction of sp³-hybridized carbons (Fsp3) is 0.421. The van der Waals surface area contributed by atoms with Crippen LogP contribution in [0.5, 0.6) is 0 Å². The average molecular weight is 326 g/mol. The molecule has 5 heteroatoms. The van der Waals surface area contributed by atoms with Gasteiger partial charge in [-0.2, -0.15) is 0 Å².